The van der Waals surface area contributed by atoms with Crippen LogP contribution in [0, 0.1) is 31.1 Å². The normalized spacial score (nSPS) is 15.9. The number of nitriles is 1. The summed E-state index contributed by atoms with van der Waals surface area (Å²) in [7, 11) is 0. The second-order valence-electron chi connectivity index (χ2n) is 9.45. The van der Waals surface area contributed by atoms with Crippen molar-refractivity contribution in [3.8, 4) is 23.0 Å². The number of aryl methyl sites for hydroxylation is 3. The van der Waals surface area contributed by atoms with Crippen LogP contribution in [0.1, 0.15) is 48.6 Å². The first-order valence-corrected chi connectivity index (χ1v) is 12.0. The largest absolute Gasteiger partial charge is 0.342 e. The van der Waals surface area contributed by atoms with Gasteiger partial charge < -0.3 is 9.47 Å². The molecule has 0 spiro atoms. The summed E-state index contributed by atoms with van der Waals surface area (Å²) < 4.78 is 2.28. The molecule has 1 amide bonds. The lowest BCUT2D eigenvalue weighted by Gasteiger charge is -2.31. The van der Waals surface area contributed by atoms with Gasteiger partial charge in [0.1, 0.15) is 0 Å². The zero-order valence-corrected chi connectivity index (χ0v) is 20.0. The number of likely N-dealkylation sites (tertiary alicyclic amines) is 1. The Kier molecular flexibility index (Phi) is 6.99. The molecular weight excluding hydrogens is 406 g/mol. The number of benzene rings is 2. The molecule has 33 heavy (non-hydrogen) atoms. The number of aromatic nitrogens is 1. The summed E-state index contributed by atoms with van der Waals surface area (Å²) in [6.45, 7) is 8.27. The first kappa shape index (κ1) is 22.9. The Balaban J connectivity index is 1.66. The van der Waals surface area contributed by atoms with Crippen LogP contribution < -0.4 is 0 Å². The van der Waals surface area contributed by atoms with Crippen LogP contribution in [0.5, 0.6) is 0 Å². The molecule has 0 radical (unpaired) electrons. The van der Waals surface area contributed by atoms with Gasteiger partial charge in [-0.25, -0.2) is 0 Å². The van der Waals surface area contributed by atoms with Gasteiger partial charge in [0.05, 0.1) is 18.2 Å². The van der Waals surface area contributed by atoms with Gasteiger partial charge in [-0.3, -0.25) is 4.79 Å². The van der Waals surface area contributed by atoms with Crippen LogP contribution in [-0.2, 0) is 17.6 Å². The first-order valence-electron chi connectivity index (χ1n) is 12.0. The van der Waals surface area contributed by atoms with Crippen molar-refractivity contribution in [2.45, 2.75) is 52.9 Å². The molecule has 1 unspecified atom stereocenters. The lowest BCUT2D eigenvalue weighted by atomic mass is 10.00. The summed E-state index contributed by atoms with van der Waals surface area (Å²) in [6.07, 6.45) is 3.96. The van der Waals surface area contributed by atoms with E-state index in [9.17, 15) is 4.79 Å². The second kappa shape index (κ2) is 10.1. The van der Waals surface area contributed by atoms with E-state index in [0.29, 0.717) is 25.2 Å². The van der Waals surface area contributed by atoms with Gasteiger partial charge in [-0.2, -0.15) is 5.26 Å². The predicted octanol–water partition coefficient (Wildman–Crippen LogP) is 6.02. The van der Waals surface area contributed by atoms with Crippen LogP contribution in [0.4, 0.5) is 0 Å². The molecule has 4 nitrogen and oxygen atoms in total. The van der Waals surface area contributed by atoms with Gasteiger partial charge in [0.2, 0.25) is 5.91 Å². The van der Waals surface area contributed by atoms with E-state index in [1.165, 1.54) is 23.1 Å². The van der Waals surface area contributed by atoms with Crippen LogP contribution in [0.3, 0.4) is 0 Å². The van der Waals surface area contributed by atoms with Crippen molar-refractivity contribution >= 4 is 5.91 Å². The Hall–Kier alpha value is -3.32. The molecule has 4 heteroatoms. The molecule has 1 aliphatic rings. The molecule has 170 valence electrons. The van der Waals surface area contributed by atoms with Crippen LogP contribution in [0.15, 0.2) is 54.6 Å². The zero-order chi connectivity index (χ0) is 23.4. The third-order valence-corrected chi connectivity index (χ3v) is 6.70. The quantitative estimate of drug-likeness (QED) is 0.472. The SMILES string of the molecule is Cc1ccc(-c2ccc(CCC(=O)N3CCCC(C)C3)n2-c2ccc(CC#N)cc2)c(C)c1. The number of hydrogen-bond donors (Lipinski definition) is 0. The smallest absolute Gasteiger partial charge is 0.222 e. The van der Waals surface area contributed by atoms with Gasteiger partial charge in [-0.15, -0.1) is 0 Å². The molecule has 0 aliphatic carbocycles. The summed E-state index contributed by atoms with van der Waals surface area (Å²) in [4.78, 5) is 15.0. The van der Waals surface area contributed by atoms with Crippen molar-refractivity contribution in [1.82, 2.24) is 9.47 Å². The maximum Gasteiger partial charge on any atom is 0.222 e. The summed E-state index contributed by atoms with van der Waals surface area (Å²) in [5.74, 6) is 0.848. The highest BCUT2D eigenvalue weighted by Crippen LogP contribution is 2.30. The zero-order valence-electron chi connectivity index (χ0n) is 20.0. The maximum atomic E-state index is 12.9. The molecule has 0 saturated carbocycles. The molecule has 1 fully saturated rings. The van der Waals surface area contributed by atoms with Gasteiger partial charge in [-0.1, -0.05) is 42.8 Å². The van der Waals surface area contributed by atoms with Gasteiger partial charge in [-0.05, 0) is 74.4 Å². The first-order chi connectivity index (χ1) is 16.0. The van der Waals surface area contributed by atoms with Gasteiger partial charge in [0, 0.05) is 36.5 Å². The number of nitrogens with zero attached hydrogens (tertiary/aromatic N) is 3. The standard InChI is InChI=1S/C29H33N3O/c1-21-6-13-27(23(3)19-21)28-14-11-26(12-15-29(33)31-18-4-5-22(2)20-31)32(28)25-9-7-24(8-10-25)16-17-30/h6-11,13-14,19,22H,4-5,12,15-16,18,20H2,1-3H3. The Morgan fingerprint density at radius 1 is 1.09 bits per heavy atom. The van der Waals surface area contributed by atoms with Gasteiger partial charge in [0.15, 0.2) is 0 Å². The van der Waals surface area contributed by atoms with E-state index < -0.39 is 0 Å². The highest BCUT2D eigenvalue weighted by molar-refractivity contribution is 5.77. The Bertz CT molecular complexity index is 1170. The monoisotopic (exact) mass is 439 g/mol. The lowest BCUT2D eigenvalue weighted by molar-refractivity contribution is -0.132. The van der Waals surface area contributed by atoms with Crippen LogP contribution >= 0.6 is 0 Å². The summed E-state index contributed by atoms with van der Waals surface area (Å²) in [5.41, 5.74) is 8.02. The number of carbonyl (C=O) groups excluding carboxylic acids is 1. The number of piperidine rings is 1. The molecule has 0 N–H and O–H groups in total. The van der Waals surface area contributed by atoms with E-state index in [0.717, 1.165) is 42.1 Å². The third kappa shape index (κ3) is 5.20. The molecule has 1 saturated heterocycles. The summed E-state index contributed by atoms with van der Waals surface area (Å²) >= 11 is 0. The minimum Gasteiger partial charge on any atom is -0.342 e. The Labute approximate surface area is 197 Å². The second-order valence-corrected chi connectivity index (χ2v) is 9.45. The minimum atomic E-state index is 0.256. The molecule has 0 bridgehead atoms. The van der Waals surface area contributed by atoms with Gasteiger partial charge in [0.25, 0.3) is 0 Å². The fourth-order valence-corrected chi connectivity index (χ4v) is 4.95. The van der Waals surface area contributed by atoms with E-state index >= 15 is 0 Å². The fourth-order valence-electron chi connectivity index (χ4n) is 4.95. The average Bonchev–Trinajstić information content (AvgIpc) is 3.22. The van der Waals surface area contributed by atoms with Crippen molar-refractivity contribution < 1.29 is 4.79 Å². The lowest BCUT2D eigenvalue weighted by Crippen LogP contribution is -2.39. The number of carbonyl (C=O) groups is 1. The summed E-state index contributed by atoms with van der Waals surface area (Å²) in [6, 6.07) is 21.3. The highest BCUT2D eigenvalue weighted by atomic mass is 16.2. The molecule has 1 aromatic heterocycles. The third-order valence-electron chi connectivity index (χ3n) is 6.70. The van der Waals surface area contributed by atoms with Crippen LogP contribution in [0.25, 0.3) is 16.9 Å². The number of hydrogen-bond acceptors (Lipinski definition) is 2. The Morgan fingerprint density at radius 3 is 2.58 bits per heavy atom. The van der Waals surface area contributed by atoms with Crippen molar-refractivity contribution in [3.63, 3.8) is 0 Å². The molecule has 3 aromatic rings. The van der Waals surface area contributed by atoms with E-state index in [2.05, 4.69) is 73.9 Å². The number of rotatable bonds is 6. The van der Waals surface area contributed by atoms with E-state index in [4.69, 9.17) is 5.26 Å². The van der Waals surface area contributed by atoms with Crippen molar-refractivity contribution in [1.29, 1.82) is 5.26 Å². The van der Waals surface area contributed by atoms with Crippen molar-refractivity contribution in [3.05, 3.63) is 77.0 Å². The molecule has 1 aliphatic heterocycles. The minimum absolute atomic E-state index is 0.256. The molecule has 2 heterocycles. The predicted molar refractivity (Wildman–Crippen MR) is 133 cm³/mol. The topological polar surface area (TPSA) is 49.0 Å². The van der Waals surface area contributed by atoms with Crippen LogP contribution in [0.2, 0.25) is 0 Å². The molecule has 4 rings (SSSR count). The van der Waals surface area contributed by atoms with E-state index in [-0.39, 0.29) is 5.91 Å². The summed E-state index contributed by atoms with van der Waals surface area (Å²) in [5, 5.41) is 9.02. The number of amides is 1. The van der Waals surface area contributed by atoms with E-state index in [1.807, 2.05) is 17.0 Å². The van der Waals surface area contributed by atoms with E-state index in [1.54, 1.807) is 0 Å². The molecule has 1 atom stereocenters. The average molecular weight is 440 g/mol. The van der Waals surface area contributed by atoms with Crippen LogP contribution in [-0.4, -0.2) is 28.5 Å². The molecular formula is C29H33N3O. The maximum absolute atomic E-state index is 12.9. The fraction of sp³-hybridized carbons (Fsp3) is 0.379. The van der Waals surface area contributed by atoms with Crippen molar-refractivity contribution in [2.75, 3.05) is 13.1 Å². The molecule has 2 aromatic carbocycles. The highest BCUT2D eigenvalue weighted by Gasteiger charge is 2.21. The Morgan fingerprint density at radius 2 is 1.88 bits per heavy atom. The van der Waals surface area contributed by atoms with Crippen molar-refractivity contribution in [2.24, 2.45) is 5.92 Å². The van der Waals surface area contributed by atoms with Gasteiger partial charge >= 0.3 is 0 Å².